The molecule has 2 aliphatic heterocycles. The second kappa shape index (κ2) is 7.98. The molecule has 4 unspecified atom stereocenters. The Hall–Kier alpha value is -2.21. The van der Waals surface area contributed by atoms with Crippen molar-refractivity contribution in [2.75, 3.05) is 0 Å². The summed E-state index contributed by atoms with van der Waals surface area (Å²) in [7, 11) is 0. The lowest BCUT2D eigenvalue weighted by atomic mass is 9.68. The predicted molar refractivity (Wildman–Crippen MR) is 123 cm³/mol. The molecule has 6 rings (SSSR count). The van der Waals surface area contributed by atoms with Crippen molar-refractivity contribution in [1.82, 2.24) is 14.5 Å². The fourth-order valence-electron chi connectivity index (χ4n) is 7.79. The first-order valence-corrected chi connectivity index (χ1v) is 12.6. The fraction of sp³-hybridized carbons (Fsp3) is 0.654. The van der Waals surface area contributed by atoms with Gasteiger partial charge < -0.3 is 9.67 Å². The predicted octanol–water partition coefficient (Wildman–Crippen LogP) is 4.62. The van der Waals surface area contributed by atoms with Gasteiger partial charge in [-0.3, -0.25) is 9.69 Å². The number of nitrogens with zero attached hydrogens (tertiary/aromatic N) is 3. The molecule has 1 aromatic carbocycles. The zero-order valence-electron chi connectivity index (χ0n) is 18.7. The Morgan fingerprint density at radius 2 is 1.50 bits per heavy atom. The first-order chi connectivity index (χ1) is 15.6. The molecule has 3 heterocycles. The van der Waals surface area contributed by atoms with Crippen LogP contribution in [0.2, 0.25) is 0 Å². The van der Waals surface area contributed by atoms with Crippen molar-refractivity contribution < 1.29 is 9.90 Å². The SMILES string of the molecule is O=C(O)c1nc2ccccc2n(C2CC3CCC[C@H](C2)N3C2CC3CCCC(C3)C2)c1=O. The molecule has 6 nitrogen and oxygen atoms in total. The minimum Gasteiger partial charge on any atom is -0.476 e. The highest BCUT2D eigenvalue weighted by Gasteiger charge is 2.45. The van der Waals surface area contributed by atoms with Crippen LogP contribution in [0.25, 0.3) is 11.0 Å². The number of aromatic nitrogens is 2. The van der Waals surface area contributed by atoms with E-state index in [0.717, 1.165) is 30.2 Å². The molecule has 4 aliphatic rings. The molecule has 1 N–H and O–H groups in total. The Labute approximate surface area is 188 Å². The summed E-state index contributed by atoms with van der Waals surface area (Å²) in [6.07, 6.45) is 13.9. The minimum atomic E-state index is -1.24. The van der Waals surface area contributed by atoms with Crippen molar-refractivity contribution in [2.45, 2.75) is 94.8 Å². The summed E-state index contributed by atoms with van der Waals surface area (Å²) in [5.41, 5.74) is 0.569. The maximum absolute atomic E-state index is 13.3. The topological polar surface area (TPSA) is 75.4 Å². The second-order valence-electron chi connectivity index (χ2n) is 10.8. The number of para-hydroxylation sites is 2. The average molecular weight is 436 g/mol. The number of rotatable bonds is 3. The van der Waals surface area contributed by atoms with Crippen LogP contribution in [-0.4, -0.2) is 43.7 Å². The zero-order chi connectivity index (χ0) is 21.8. The Bertz CT molecular complexity index is 1070. The molecule has 4 fully saturated rings. The van der Waals surface area contributed by atoms with E-state index in [1.807, 2.05) is 24.3 Å². The maximum atomic E-state index is 13.3. The van der Waals surface area contributed by atoms with Crippen LogP contribution in [0.15, 0.2) is 29.1 Å². The van der Waals surface area contributed by atoms with Gasteiger partial charge in [0.1, 0.15) is 0 Å². The number of hydrogen-bond acceptors (Lipinski definition) is 4. The maximum Gasteiger partial charge on any atom is 0.360 e. The van der Waals surface area contributed by atoms with Gasteiger partial charge in [0.2, 0.25) is 5.69 Å². The number of carboxylic acids is 1. The number of piperidine rings is 2. The summed E-state index contributed by atoms with van der Waals surface area (Å²) in [5, 5.41) is 9.62. The van der Waals surface area contributed by atoms with Crippen LogP contribution in [0, 0.1) is 11.8 Å². The van der Waals surface area contributed by atoms with E-state index in [-0.39, 0.29) is 11.7 Å². The van der Waals surface area contributed by atoms with E-state index in [4.69, 9.17) is 0 Å². The number of aromatic carboxylic acids is 1. The van der Waals surface area contributed by atoms with Crippen LogP contribution < -0.4 is 5.56 Å². The van der Waals surface area contributed by atoms with Crippen molar-refractivity contribution in [3.63, 3.8) is 0 Å². The Morgan fingerprint density at radius 3 is 2.19 bits per heavy atom. The lowest BCUT2D eigenvalue weighted by molar-refractivity contribution is -0.0486. The van der Waals surface area contributed by atoms with Crippen molar-refractivity contribution in [1.29, 1.82) is 0 Å². The molecule has 6 heteroatoms. The average Bonchev–Trinajstić information content (AvgIpc) is 2.77. The highest BCUT2D eigenvalue weighted by atomic mass is 16.4. The summed E-state index contributed by atoms with van der Waals surface area (Å²) >= 11 is 0. The molecule has 2 aliphatic carbocycles. The highest BCUT2D eigenvalue weighted by molar-refractivity contribution is 5.88. The molecule has 170 valence electrons. The molecule has 0 radical (unpaired) electrons. The van der Waals surface area contributed by atoms with Gasteiger partial charge in [0.15, 0.2) is 0 Å². The molecule has 2 saturated heterocycles. The molecule has 1 aromatic heterocycles. The van der Waals surface area contributed by atoms with Gasteiger partial charge in [-0.2, -0.15) is 0 Å². The van der Waals surface area contributed by atoms with Crippen LogP contribution >= 0.6 is 0 Å². The van der Waals surface area contributed by atoms with Crippen LogP contribution in [0.4, 0.5) is 0 Å². The van der Waals surface area contributed by atoms with E-state index in [0.29, 0.717) is 23.6 Å². The number of fused-ring (bicyclic) bond motifs is 5. The molecule has 32 heavy (non-hydrogen) atoms. The van der Waals surface area contributed by atoms with Gasteiger partial charge in [-0.05, 0) is 68.9 Å². The molecule has 2 saturated carbocycles. The van der Waals surface area contributed by atoms with Gasteiger partial charge in [0.25, 0.3) is 5.56 Å². The Kier molecular flexibility index (Phi) is 5.09. The molecular formula is C26H33N3O3. The van der Waals surface area contributed by atoms with E-state index in [9.17, 15) is 14.7 Å². The van der Waals surface area contributed by atoms with Crippen LogP contribution in [0.1, 0.15) is 87.2 Å². The van der Waals surface area contributed by atoms with Crippen molar-refractivity contribution in [3.8, 4) is 0 Å². The Morgan fingerprint density at radius 1 is 0.844 bits per heavy atom. The highest BCUT2D eigenvalue weighted by Crippen LogP contribution is 2.47. The lowest BCUT2D eigenvalue weighted by Crippen LogP contribution is -2.58. The molecule has 4 bridgehead atoms. The van der Waals surface area contributed by atoms with Gasteiger partial charge in [-0.1, -0.05) is 37.8 Å². The zero-order valence-corrected chi connectivity index (χ0v) is 18.7. The standard InChI is InChI=1S/C26H33N3O3/c30-25-24(26(31)32)27-22-9-1-2-10-23(22)29(25)21-14-18-7-4-8-19(15-21)28(18)20-12-16-5-3-6-17(11-16)13-20/h1-2,9-10,16-21H,3-8,11-15H2,(H,31,32)/t16?,17?,18-,19?,20?,21?/m1/s1. The molecule has 5 atom stereocenters. The van der Waals surface area contributed by atoms with E-state index >= 15 is 0 Å². The van der Waals surface area contributed by atoms with Crippen molar-refractivity contribution >= 4 is 17.0 Å². The van der Waals surface area contributed by atoms with E-state index < -0.39 is 11.5 Å². The number of benzene rings is 1. The molecule has 2 aromatic rings. The van der Waals surface area contributed by atoms with Crippen LogP contribution in [0.5, 0.6) is 0 Å². The molecule has 0 amide bonds. The van der Waals surface area contributed by atoms with Gasteiger partial charge in [0.05, 0.1) is 11.0 Å². The van der Waals surface area contributed by atoms with E-state index in [1.54, 1.807) is 4.57 Å². The summed E-state index contributed by atoms with van der Waals surface area (Å²) < 4.78 is 1.78. The van der Waals surface area contributed by atoms with Crippen LogP contribution in [-0.2, 0) is 0 Å². The van der Waals surface area contributed by atoms with E-state index in [1.165, 1.54) is 57.8 Å². The fourth-order valence-corrected chi connectivity index (χ4v) is 7.79. The van der Waals surface area contributed by atoms with Crippen LogP contribution in [0.3, 0.4) is 0 Å². The normalized spacial score (nSPS) is 35.0. The summed E-state index contributed by atoms with van der Waals surface area (Å²) in [6, 6.07) is 9.25. The number of carbonyl (C=O) groups is 1. The molecular weight excluding hydrogens is 402 g/mol. The van der Waals surface area contributed by atoms with Gasteiger partial charge >= 0.3 is 5.97 Å². The minimum absolute atomic E-state index is 0.0446. The first kappa shape index (κ1) is 20.4. The third-order valence-electron chi connectivity index (χ3n) is 8.89. The smallest absolute Gasteiger partial charge is 0.360 e. The summed E-state index contributed by atoms with van der Waals surface area (Å²) in [5.74, 6) is 0.590. The van der Waals surface area contributed by atoms with Gasteiger partial charge in [0, 0.05) is 24.2 Å². The number of hydrogen-bond donors (Lipinski definition) is 1. The largest absolute Gasteiger partial charge is 0.476 e. The third-order valence-corrected chi connectivity index (χ3v) is 8.89. The van der Waals surface area contributed by atoms with Crippen molar-refractivity contribution in [3.05, 3.63) is 40.3 Å². The van der Waals surface area contributed by atoms with Crippen molar-refractivity contribution in [2.24, 2.45) is 11.8 Å². The molecule has 0 spiro atoms. The van der Waals surface area contributed by atoms with Gasteiger partial charge in [-0.15, -0.1) is 0 Å². The summed E-state index contributed by atoms with van der Waals surface area (Å²) in [4.78, 5) is 32.1. The van der Waals surface area contributed by atoms with E-state index in [2.05, 4.69) is 9.88 Å². The first-order valence-electron chi connectivity index (χ1n) is 12.6. The van der Waals surface area contributed by atoms with Gasteiger partial charge in [-0.25, -0.2) is 9.78 Å². The number of carboxylic acid groups (broad SMARTS) is 1. The monoisotopic (exact) mass is 435 g/mol. The Balaban J connectivity index is 1.35. The second-order valence-corrected chi connectivity index (χ2v) is 10.8. The quantitative estimate of drug-likeness (QED) is 0.761. The summed E-state index contributed by atoms with van der Waals surface area (Å²) in [6.45, 7) is 0. The lowest BCUT2D eigenvalue weighted by Gasteiger charge is -2.55. The third kappa shape index (κ3) is 3.38.